The van der Waals surface area contributed by atoms with Crippen LogP contribution < -0.4 is 10.6 Å². The van der Waals surface area contributed by atoms with Crippen molar-refractivity contribution in [2.24, 2.45) is 5.92 Å². The number of aryl methyl sites for hydroxylation is 1. The molecule has 0 radical (unpaired) electrons. The van der Waals surface area contributed by atoms with Crippen molar-refractivity contribution < 1.29 is 9.59 Å². The van der Waals surface area contributed by atoms with Gasteiger partial charge in [0, 0.05) is 9.90 Å². The van der Waals surface area contributed by atoms with Crippen LogP contribution in [0, 0.1) is 17.2 Å². The fourth-order valence-electron chi connectivity index (χ4n) is 3.97. The van der Waals surface area contributed by atoms with Crippen LogP contribution in [0.3, 0.4) is 0 Å². The van der Waals surface area contributed by atoms with E-state index in [1.54, 1.807) is 12.1 Å². The van der Waals surface area contributed by atoms with Crippen molar-refractivity contribution in [1.82, 2.24) is 20.5 Å². The molecule has 8 nitrogen and oxygen atoms in total. The van der Waals surface area contributed by atoms with Gasteiger partial charge in [-0.05, 0) is 55.4 Å². The second-order valence-electron chi connectivity index (χ2n) is 8.69. The Bertz CT molecular complexity index is 1330. The van der Waals surface area contributed by atoms with E-state index in [9.17, 15) is 14.9 Å². The normalized spacial score (nSPS) is 13.7. The largest absolute Gasteiger partial charge is 0.342 e. The number of fused-ring (bicyclic) bond motifs is 1. The van der Waals surface area contributed by atoms with Gasteiger partial charge < -0.3 is 10.6 Å². The maximum absolute atomic E-state index is 12.8. The predicted octanol–water partition coefficient (Wildman–Crippen LogP) is 5.78. The summed E-state index contributed by atoms with van der Waals surface area (Å²) in [5.41, 5.74) is 1.98. The number of amides is 2. The summed E-state index contributed by atoms with van der Waals surface area (Å²) in [6.45, 7) is 3.90. The molecular formula is C24H24Cl2N6O2S2. The van der Waals surface area contributed by atoms with Crippen LogP contribution in [0.25, 0.3) is 0 Å². The summed E-state index contributed by atoms with van der Waals surface area (Å²) in [4.78, 5) is 31.1. The zero-order chi connectivity index (χ0) is 25.8. The van der Waals surface area contributed by atoms with Crippen LogP contribution in [-0.4, -0.2) is 32.7 Å². The summed E-state index contributed by atoms with van der Waals surface area (Å²) >= 11 is 14.8. The van der Waals surface area contributed by atoms with Gasteiger partial charge in [0.2, 0.25) is 11.1 Å². The molecule has 1 atom stereocenters. The molecule has 0 saturated heterocycles. The third kappa shape index (κ3) is 6.03. The highest BCUT2D eigenvalue weighted by atomic mass is 35.5. The van der Waals surface area contributed by atoms with E-state index in [4.69, 9.17) is 23.2 Å². The lowest BCUT2D eigenvalue weighted by atomic mass is 9.96. The number of nitrogens with zero attached hydrogens (tertiary/aromatic N) is 3. The zero-order valence-corrected chi connectivity index (χ0v) is 22.8. The Balaban J connectivity index is 1.38. The summed E-state index contributed by atoms with van der Waals surface area (Å²) in [5, 5.41) is 24.2. The van der Waals surface area contributed by atoms with Gasteiger partial charge in [-0.2, -0.15) is 5.26 Å². The third-order valence-corrected chi connectivity index (χ3v) is 8.38. The van der Waals surface area contributed by atoms with Crippen molar-refractivity contribution in [2.75, 3.05) is 11.1 Å². The van der Waals surface area contributed by atoms with Gasteiger partial charge in [-0.25, -0.2) is 4.98 Å². The van der Waals surface area contributed by atoms with Crippen LogP contribution in [0.15, 0.2) is 23.4 Å². The fraction of sp³-hybridized carbons (Fsp3) is 0.375. The van der Waals surface area contributed by atoms with E-state index in [1.807, 2.05) is 13.8 Å². The molecular weight excluding hydrogens is 539 g/mol. The molecule has 12 heteroatoms. The average Bonchev–Trinajstić information content (AvgIpc) is 3.44. The average molecular weight is 564 g/mol. The molecule has 0 saturated carbocycles. The molecule has 1 unspecified atom stereocenters. The predicted molar refractivity (Wildman–Crippen MR) is 143 cm³/mol. The highest BCUT2D eigenvalue weighted by Crippen LogP contribution is 2.37. The maximum Gasteiger partial charge on any atom is 0.253 e. The smallest absolute Gasteiger partial charge is 0.253 e. The van der Waals surface area contributed by atoms with Crippen LogP contribution in [-0.2, 0) is 17.6 Å². The molecule has 4 rings (SSSR count). The first-order chi connectivity index (χ1) is 17.3. The fourth-order valence-corrected chi connectivity index (χ4v) is 6.33. The van der Waals surface area contributed by atoms with Gasteiger partial charge in [-0.15, -0.1) is 16.4 Å². The van der Waals surface area contributed by atoms with Gasteiger partial charge in [-0.1, -0.05) is 48.8 Å². The van der Waals surface area contributed by atoms with Gasteiger partial charge in [-0.3, -0.25) is 14.7 Å². The van der Waals surface area contributed by atoms with Crippen molar-refractivity contribution in [1.29, 1.82) is 5.26 Å². The van der Waals surface area contributed by atoms with Gasteiger partial charge >= 0.3 is 0 Å². The van der Waals surface area contributed by atoms with E-state index in [-0.39, 0.29) is 28.5 Å². The lowest BCUT2D eigenvalue weighted by Gasteiger charge is -2.20. The number of halogens is 2. The van der Waals surface area contributed by atoms with Crippen molar-refractivity contribution in [3.63, 3.8) is 0 Å². The molecule has 188 valence electrons. The number of nitrogens with one attached hydrogen (secondary N) is 3. The van der Waals surface area contributed by atoms with Crippen LogP contribution >= 0.6 is 46.3 Å². The first-order valence-electron chi connectivity index (χ1n) is 11.4. The van der Waals surface area contributed by atoms with Crippen LogP contribution in [0.4, 0.5) is 5.00 Å². The van der Waals surface area contributed by atoms with Crippen molar-refractivity contribution in [3.8, 4) is 6.07 Å². The molecule has 0 fully saturated rings. The third-order valence-electron chi connectivity index (χ3n) is 5.77. The molecule has 2 amide bonds. The minimum absolute atomic E-state index is 0.00314. The van der Waals surface area contributed by atoms with Crippen LogP contribution in [0.5, 0.6) is 0 Å². The van der Waals surface area contributed by atoms with E-state index < -0.39 is 6.04 Å². The Morgan fingerprint density at radius 2 is 2.06 bits per heavy atom. The molecule has 2 heterocycles. The topological polar surface area (TPSA) is 124 Å². The molecule has 0 aliphatic heterocycles. The molecule has 3 N–H and O–H groups in total. The summed E-state index contributed by atoms with van der Waals surface area (Å²) in [6, 6.07) is 6.49. The standard InChI is InChI=1S/C24H24Cl2N6O2S2/c1-12(2)20(29-22(34)15-8-7-13(25)9-17(15)26)21-30-24(32-31-21)35-11-19(33)28-23-16(10-27)14-5-3-4-6-18(14)36-23/h7-9,12,20H,3-6,11H2,1-2H3,(H,28,33)(H,29,34)(H,30,31,32). The molecule has 0 bridgehead atoms. The van der Waals surface area contributed by atoms with Crippen molar-refractivity contribution in [3.05, 3.63) is 55.6 Å². The minimum Gasteiger partial charge on any atom is -0.342 e. The number of aromatic nitrogens is 3. The maximum atomic E-state index is 12.8. The number of benzene rings is 1. The Labute approximate surface area is 227 Å². The second kappa shape index (κ2) is 11.6. The van der Waals surface area contributed by atoms with Crippen molar-refractivity contribution >= 4 is 63.1 Å². The van der Waals surface area contributed by atoms with E-state index in [2.05, 4.69) is 31.9 Å². The number of aromatic amines is 1. The number of rotatable bonds is 8. The van der Waals surface area contributed by atoms with Gasteiger partial charge in [0.25, 0.3) is 5.91 Å². The van der Waals surface area contributed by atoms with Gasteiger partial charge in [0.05, 0.1) is 27.9 Å². The summed E-state index contributed by atoms with van der Waals surface area (Å²) in [7, 11) is 0. The first-order valence-corrected chi connectivity index (χ1v) is 14.0. The summed E-state index contributed by atoms with van der Waals surface area (Å²) in [6.07, 6.45) is 4.02. The molecule has 1 aromatic carbocycles. The Hall–Kier alpha value is -2.58. The SMILES string of the molecule is CC(C)C(NC(=O)c1ccc(Cl)cc1Cl)c1nc(SCC(=O)Nc2sc3c(c2C#N)CCCC3)n[nH]1. The number of thioether (sulfide) groups is 1. The Morgan fingerprint density at radius 3 is 2.78 bits per heavy atom. The molecule has 1 aliphatic carbocycles. The summed E-state index contributed by atoms with van der Waals surface area (Å²) < 4.78 is 0. The highest BCUT2D eigenvalue weighted by Gasteiger charge is 2.25. The van der Waals surface area contributed by atoms with Crippen LogP contribution in [0.2, 0.25) is 10.0 Å². The van der Waals surface area contributed by atoms with E-state index in [0.717, 1.165) is 31.2 Å². The van der Waals surface area contributed by atoms with Gasteiger partial charge in [0.15, 0.2) is 0 Å². The summed E-state index contributed by atoms with van der Waals surface area (Å²) in [5.74, 6) is -0.0173. The lowest BCUT2D eigenvalue weighted by molar-refractivity contribution is -0.113. The quantitative estimate of drug-likeness (QED) is 0.299. The zero-order valence-electron chi connectivity index (χ0n) is 19.7. The van der Waals surface area contributed by atoms with E-state index in [1.165, 1.54) is 34.0 Å². The number of anilines is 1. The molecule has 36 heavy (non-hydrogen) atoms. The molecule has 2 aromatic heterocycles. The van der Waals surface area contributed by atoms with E-state index in [0.29, 0.717) is 32.1 Å². The van der Waals surface area contributed by atoms with Crippen molar-refractivity contribution in [2.45, 2.75) is 50.7 Å². The number of H-pyrrole nitrogens is 1. The number of carbonyl (C=O) groups excluding carboxylic acids is 2. The Morgan fingerprint density at radius 1 is 1.28 bits per heavy atom. The number of carbonyl (C=O) groups is 2. The van der Waals surface area contributed by atoms with Crippen LogP contribution in [0.1, 0.15) is 64.9 Å². The number of nitriles is 1. The highest BCUT2D eigenvalue weighted by molar-refractivity contribution is 7.99. The molecule has 1 aliphatic rings. The van der Waals surface area contributed by atoms with E-state index >= 15 is 0 Å². The number of hydrogen-bond acceptors (Lipinski definition) is 7. The van der Waals surface area contributed by atoms with Gasteiger partial charge in [0.1, 0.15) is 16.9 Å². The lowest BCUT2D eigenvalue weighted by Crippen LogP contribution is -2.32. The monoisotopic (exact) mass is 562 g/mol. The minimum atomic E-state index is -0.449. The molecule has 3 aromatic rings. The first kappa shape index (κ1) is 26.5. The Kier molecular flexibility index (Phi) is 8.57. The number of hydrogen-bond donors (Lipinski definition) is 3. The molecule has 0 spiro atoms. The number of thiophene rings is 1. The second-order valence-corrected chi connectivity index (χ2v) is 11.6.